The van der Waals surface area contributed by atoms with Crippen LogP contribution >= 0.6 is 22.9 Å². The summed E-state index contributed by atoms with van der Waals surface area (Å²) in [5.41, 5.74) is 0. The summed E-state index contributed by atoms with van der Waals surface area (Å²) >= 11 is 1.86. The zero-order valence-corrected chi connectivity index (χ0v) is 8.87. The molecule has 1 heterocycles. The van der Waals surface area contributed by atoms with Crippen LogP contribution in [0, 0.1) is 10.1 Å². The van der Waals surface area contributed by atoms with E-state index in [1.165, 1.54) is 14.5 Å². The molecule has 0 radical (unpaired) electrons. The first-order valence-corrected chi connectivity index (χ1v) is 4.40. The number of hydrogen-bond donors (Lipinski definition) is 0. The molecule has 1 aliphatic heterocycles. The Balaban J connectivity index is 2.76. The van der Waals surface area contributed by atoms with Crippen LogP contribution in [-0.4, -0.2) is 31.7 Å². The molecule has 0 saturated carbocycles. The predicted molar refractivity (Wildman–Crippen MR) is 52.1 cm³/mol. The SMILES string of the molecule is CC(C)N1N=CN(I)C1[N+](=O)[O-]. The van der Waals surface area contributed by atoms with Crippen molar-refractivity contribution in [3.63, 3.8) is 0 Å². The first-order chi connectivity index (χ1) is 5.54. The van der Waals surface area contributed by atoms with Gasteiger partial charge >= 0.3 is 6.29 Å². The smallest absolute Gasteiger partial charge is 0.261 e. The minimum absolute atomic E-state index is 0.0383. The summed E-state index contributed by atoms with van der Waals surface area (Å²) in [4.78, 5) is 10.2. The van der Waals surface area contributed by atoms with E-state index in [-0.39, 0.29) is 11.0 Å². The molecular weight excluding hydrogens is 275 g/mol. The fourth-order valence-corrected chi connectivity index (χ4v) is 1.50. The second kappa shape index (κ2) is 3.42. The van der Waals surface area contributed by atoms with Crippen molar-refractivity contribution in [1.29, 1.82) is 0 Å². The number of nitrogens with zero attached hydrogens (tertiary/aromatic N) is 4. The largest absolute Gasteiger partial charge is 0.392 e. The molecule has 0 aromatic heterocycles. The molecule has 0 aromatic carbocycles. The van der Waals surface area contributed by atoms with Gasteiger partial charge < -0.3 is 0 Å². The van der Waals surface area contributed by atoms with Crippen LogP contribution in [0.4, 0.5) is 0 Å². The molecule has 0 spiro atoms. The Morgan fingerprint density at radius 3 is 2.67 bits per heavy atom. The highest BCUT2D eigenvalue weighted by molar-refractivity contribution is 14.1. The van der Waals surface area contributed by atoms with E-state index in [1.54, 1.807) is 0 Å². The summed E-state index contributed by atoms with van der Waals surface area (Å²) in [5, 5.41) is 15.9. The monoisotopic (exact) mass is 284 g/mol. The lowest BCUT2D eigenvalue weighted by atomic mass is 10.4. The molecule has 0 aromatic rings. The first kappa shape index (κ1) is 9.49. The molecule has 0 aliphatic carbocycles. The molecule has 0 fully saturated rings. The van der Waals surface area contributed by atoms with E-state index in [9.17, 15) is 10.1 Å². The van der Waals surface area contributed by atoms with E-state index in [4.69, 9.17) is 0 Å². The third-order valence-electron chi connectivity index (χ3n) is 1.47. The predicted octanol–water partition coefficient (Wildman–Crippen LogP) is 0.866. The van der Waals surface area contributed by atoms with Crippen molar-refractivity contribution in [2.45, 2.75) is 26.2 Å². The van der Waals surface area contributed by atoms with Crippen LogP contribution in [0.15, 0.2) is 5.10 Å². The van der Waals surface area contributed by atoms with Crippen molar-refractivity contribution >= 4 is 29.2 Å². The second-order valence-corrected chi connectivity index (χ2v) is 3.79. The summed E-state index contributed by atoms with van der Waals surface area (Å²) in [6, 6.07) is 0.0383. The number of hydrazone groups is 1. The van der Waals surface area contributed by atoms with Crippen molar-refractivity contribution in [2.24, 2.45) is 5.10 Å². The topological polar surface area (TPSA) is 62.0 Å². The molecule has 0 saturated heterocycles. The summed E-state index contributed by atoms with van der Waals surface area (Å²) in [5.74, 6) is 0. The van der Waals surface area contributed by atoms with Crippen molar-refractivity contribution in [2.75, 3.05) is 0 Å². The summed E-state index contributed by atoms with van der Waals surface area (Å²) in [6.45, 7) is 3.73. The standard InChI is InChI=1S/C5H9IN4O2/c1-4(2)9-5(10(11)12)8(6)3-7-9/h3-5H,1-2H3. The molecule has 1 unspecified atom stereocenters. The number of rotatable bonds is 2. The van der Waals surface area contributed by atoms with Gasteiger partial charge in [0.25, 0.3) is 0 Å². The van der Waals surface area contributed by atoms with Gasteiger partial charge in [0.2, 0.25) is 0 Å². The second-order valence-electron chi connectivity index (χ2n) is 2.68. The summed E-state index contributed by atoms with van der Waals surface area (Å²) < 4.78 is 1.44. The molecule has 1 rings (SSSR count). The third-order valence-corrected chi connectivity index (χ3v) is 2.22. The Hall–Kier alpha value is -0.600. The molecular formula is C5H9IN4O2. The van der Waals surface area contributed by atoms with Gasteiger partial charge in [0, 0.05) is 0 Å². The van der Waals surface area contributed by atoms with Gasteiger partial charge in [0.1, 0.15) is 6.34 Å². The maximum atomic E-state index is 10.6. The number of halogens is 1. The Bertz CT molecular complexity index is 219. The fraction of sp³-hybridized carbons (Fsp3) is 0.800. The van der Waals surface area contributed by atoms with Crippen molar-refractivity contribution in [1.82, 2.24) is 8.12 Å². The maximum Gasteiger partial charge on any atom is 0.392 e. The maximum absolute atomic E-state index is 10.6. The molecule has 1 aliphatic rings. The van der Waals surface area contributed by atoms with Gasteiger partial charge in [-0.15, -0.1) is 0 Å². The molecule has 1 atom stereocenters. The highest BCUT2D eigenvalue weighted by atomic mass is 127. The summed E-state index contributed by atoms with van der Waals surface area (Å²) in [6.07, 6.45) is 0.596. The van der Waals surface area contributed by atoms with E-state index in [0.29, 0.717) is 0 Å². The number of nitro groups is 1. The van der Waals surface area contributed by atoms with E-state index >= 15 is 0 Å². The quantitative estimate of drug-likeness (QED) is 0.326. The molecule has 12 heavy (non-hydrogen) atoms. The normalized spacial score (nSPS) is 22.5. The average molecular weight is 284 g/mol. The van der Waals surface area contributed by atoms with Crippen LogP contribution in [-0.2, 0) is 0 Å². The Morgan fingerprint density at radius 2 is 2.33 bits per heavy atom. The van der Waals surface area contributed by atoms with Gasteiger partial charge in [-0.1, -0.05) is 0 Å². The highest BCUT2D eigenvalue weighted by Gasteiger charge is 2.38. The van der Waals surface area contributed by atoms with Crippen LogP contribution in [0.3, 0.4) is 0 Å². The van der Waals surface area contributed by atoms with Gasteiger partial charge in [-0.2, -0.15) is 5.10 Å². The molecule has 7 heteroatoms. The lowest BCUT2D eigenvalue weighted by molar-refractivity contribution is -0.563. The molecule has 0 bridgehead atoms. The Morgan fingerprint density at radius 1 is 1.75 bits per heavy atom. The Kier molecular flexibility index (Phi) is 2.70. The van der Waals surface area contributed by atoms with Crippen LogP contribution in [0.25, 0.3) is 0 Å². The lowest BCUT2D eigenvalue weighted by Gasteiger charge is -2.22. The minimum atomic E-state index is -0.856. The third kappa shape index (κ3) is 1.59. The van der Waals surface area contributed by atoms with Crippen LogP contribution in [0.2, 0.25) is 0 Å². The summed E-state index contributed by atoms with van der Waals surface area (Å²) in [7, 11) is 0. The zero-order chi connectivity index (χ0) is 9.30. The first-order valence-electron chi connectivity index (χ1n) is 3.44. The van der Waals surface area contributed by atoms with Gasteiger partial charge in [-0.3, -0.25) is 10.1 Å². The van der Waals surface area contributed by atoms with Crippen molar-refractivity contribution in [3.8, 4) is 0 Å². The van der Waals surface area contributed by atoms with E-state index in [0.717, 1.165) is 0 Å². The van der Waals surface area contributed by atoms with Gasteiger partial charge in [0.15, 0.2) is 0 Å². The zero-order valence-electron chi connectivity index (χ0n) is 6.72. The van der Waals surface area contributed by atoms with Gasteiger partial charge in [0.05, 0.1) is 33.8 Å². The van der Waals surface area contributed by atoms with E-state index < -0.39 is 6.29 Å². The highest BCUT2D eigenvalue weighted by Crippen LogP contribution is 2.19. The molecule has 0 N–H and O–H groups in total. The fourth-order valence-electron chi connectivity index (χ4n) is 0.928. The van der Waals surface area contributed by atoms with Gasteiger partial charge in [-0.05, 0) is 13.8 Å². The molecule has 0 amide bonds. The molecule has 6 nitrogen and oxygen atoms in total. The average Bonchev–Trinajstić information content (AvgIpc) is 2.30. The lowest BCUT2D eigenvalue weighted by Crippen LogP contribution is -2.44. The van der Waals surface area contributed by atoms with Crippen molar-refractivity contribution in [3.05, 3.63) is 10.1 Å². The minimum Gasteiger partial charge on any atom is -0.261 e. The van der Waals surface area contributed by atoms with Crippen molar-refractivity contribution < 1.29 is 4.92 Å². The van der Waals surface area contributed by atoms with Crippen LogP contribution in [0.1, 0.15) is 13.8 Å². The van der Waals surface area contributed by atoms with E-state index in [1.807, 2.05) is 36.7 Å². The van der Waals surface area contributed by atoms with E-state index in [2.05, 4.69) is 5.10 Å². The number of hydrogen-bond acceptors (Lipinski definition) is 5. The van der Waals surface area contributed by atoms with Crippen LogP contribution in [0.5, 0.6) is 0 Å². The molecule has 68 valence electrons. The van der Waals surface area contributed by atoms with Crippen LogP contribution < -0.4 is 0 Å². The Labute approximate surface area is 83.8 Å². The van der Waals surface area contributed by atoms with Gasteiger partial charge in [-0.25, -0.2) is 8.12 Å².